The Morgan fingerprint density at radius 2 is 1.92 bits per heavy atom. The summed E-state index contributed by atoms with van der Waals surface area (Å²) in [6.45, 7) is 5.16. The first kappa shape index (κ1) is 18.9. The molecule has 8 nitrogen and oxygen atoms in total. The third kappa shape index (κ3) is 4.09. The first-order valence-corrected chi connectivity index (χ1v) is 8.52. The topological polar surface area (TPSA) is 95.5 Å². The molecule has 2 aliphatic rings. The fourth-order valence-corrected chi connectivity index (χ4v) is 3.12. The summed E-state index contributed by atoms with van der Waals surface area (Å²) in [5, 5.41) is 13.5. The quantitative estimate of drug-likeness (QED) is 0.813. The van der Waals surface area contributed by atoms with Crippen LogP contribution in [0.25, 0.3) is 0 Å². The van der Waals surface area contributed by atoms with Gasteiger partial charge in [-0.15, -0.1) is 0 Å². The third-order valence-electron chi connectivity index (χ3n) is 4.37. The number of carbonyl (C=O) groups is 1. The molecule has 2 fully saturated rings. The monoisotopic (exact) mass is 367 g/mol. The van der Waals surface area contributed by atoms with Gasteiger partial charge >= 0.3 is 0 Å². The average Bonchev–Trinajstić information content (AvgIpc) is 2.59. The molecule has 0 radical (unpaired) electrons. The summed E-state index contributed by atoms with van der Waals surface area (Å²) in [6, 6.07) is 6.16. The summed E-state index contributed by atoms with van der Waals surface area (Å²) in [6.07, 6.45) is -3.04. The predicted octanol–water partition coefficient (Wildman–Crippen LogP) is 0.816. The van der Waals surface area contributed by atoms with Gasteiger partial charge in [0.2, 0.25) is 12.2 Å². The molecule has 0 bridgehead atoms. The summed E-state index contributed by atoms with van der Waals surface area (Å²) in [4.78, 5) is 11.6. The van der Waals surface area contributed by atoms with Gasteiger partial charge in [-0.05, 0) is 38.1 Å². The van der Waals surface area contributed by atoms with Crippen molar-refractivity contribution in [1.29, 1.82) is 0 Å². The highest BCUT2D eigenvalue weighted by atomic mass is 16.8. The minimum absolute atomic E-state index is 0.254. The number of hydrogen-bond donors (Lipinski definition) is 2. The van der Waals surface area contributed by atoms with Crippen molar-refractivity contribution in [2.75, 3.05) is 13.7 Å². The molecule has 1 aromatic rings. The van der Waals surface area contributed by atoms with Crippen molar-refractivity contribution in [3.05, 3.63) is 24.3 Å². The summed E-state index contributed by atoms with van der Waals surface area (Å²) in [5.41, 5.74) is 0. The number of carbonyl (C=O) groups excluding carboxylic acids is 1. The minimum atomic E-state index is -1.01. The lowest BCUT2D eigenvalue weighted by molar-refractivity contribution is -0.361. The Bertz CT molecular complexity index is 633. The highest BCUT2D eigenvalue weighted by molar-refractivity contribution is 5.73. The lowest BCUT2D eigenvalue weighted by Gasteiger charge is -2.49. The van der Waals surface area contributed by atoms with Crippen LogP contribution < -0.4 is 14.8 Å². The van der Waals surface area contributed by atoms with Gasteiger partial charge in [0.05, 0.1) is 13.7 Å². The van der Waals surface area contributed by atoms with Crippen LogP contribution in [0.5, 0.6) is 11.5 Å². The predicted molar refractivity (Wildman–Crippen MR) is 90.8 cm³/mol. The third-order valence-corrected chi connectivity index (χ3v) is 4.37. The number of amides is 1. The van der Waals surface area contributed by atoms with E-state index in [9.17, 15) is 9.90 Å². The lowest BCUT2D eigenvalue weighted by atomic mass is 9.95. The number of benzene rings is 1. The van der Waals surface area contributed by atoms with Crippen LogP contribution >= 0.6 is 0 Å². The number of nitrogens with one attached hydrogen (secondary N) is 1. The molecule has 2 N–H and O–H groups in total. The molecule has 5 atom stereocenters. The molecular formula is C18H25NO7. The van der Waals surface area contributed by atoms with Crippen molar-refractivity contribution in [2.24, 2.45) is 0 Å². The highest BCUT2D eigenvalue weighted by Gasteiger charge is 2.52. The van der Waals surface area contributed by atoms with Gasteiger partial charge in [-0.2, -0.15) is 0 Å². The van der Waals surface area contributed by atoms with Gasteiger partial charge in [-0.1, -0.05) is 0 Å². The van der Waals surface area contributed by atoms with E-state index in [0.29, 0.717) is 11.5 Å². The van der Waals surface area contributed by atoms with E-state index in [1.165, 1.54) is 6.92 Å². The summed E-state index contributed by atoms with van der Waals surface area (Å²) in [7, 11) is 1.58. The molecular weight excluding hydrogens is 342 g/mol. The van der Waals surface area contributed by atoms with Crippen LogP contribution in [0, 0.1) is 0 Å². The number of aliphatic hydroxyl groups excluding tert-OH is 1. The zero-order valence-corrected chi connectivity index (χ0v) is 15.3. The molecule has 0 aromatic heterocycles. The minimum Gasteiger partial charge on any atom is -0.497 e. The van der Waals surface area contributed by atoms with E-state index >= 15 is 0 Å². The van der Waals surface area contributed by atoms with Crippen molar-refractivity contribution in [3.63, 3.8) is 0 Å². The maximum absolute atomic E-state index is 11.6. The van der Waals surface area contributed by atoms with Crippen LogP contribution in [0.2, 0.25) is 0 Å². The van der Waals surface area contributed by atoms with Gasteiger partial charge in [0.1, 0.15) is 35.9 Å². The van der Waals surface area contributed by atoms with Crippen LogP contribution in [-0.2, 0) is 19.0 Å². The number of rotatable bonds is 4. The second kappa shape index (κ2) is 7.40. The molecule has 1 aromatic carbocycles. The second-order valence-corrected chi connectivity index (χ2v) is 6.85. The van der Waals surface area contributed by atoms with Crippen LogP contribution in [-0.4, -0.2) is 61.2 Å². The average molecular weight is 367 g/mol. The first-order chi connectivity index (χ1) is 12.3. The maximum Gasteiger partial charge on any atom is 0.223 e. The van der Waals surface area contributed by atoms with Crippen molar-refractivity contribution < 1.29 is 33.6 Å². The van der Waals surface area contributed by atoms with Crippen LogP contribution in [0.15, 0.2) is 24.3 Å². The van der Waals surface area contributed by atoms with Gasteiger partial charge in [-0.3, -0.25) is 4.79 Å². The first-order valence-electron chi connectivity index (χ1n) is 8.52. The molecule has 3 rings (SSSR count). The molecule has 2 heterocycles. The molecule has 2 saturated heterocycles. The van der Waals surface area contributed by atoms with Gasteiger partial charge in [0.25, 0.3) is 0 Å². The zero-order chi connectivity index (χ0) is 18.9. The van der Waals surface area contributed by atoms with E-state index < -0.39 is 36.4 Å². The summed E-state index contributed by atoms with van der Waals surface area (Å²) < 4.78 is 28.4. The molecule has 2 aliphatic heterocycles. The SMILES string of the molecule is COc1ccc(O[C@@H]2O[C@@H]3COC(C)(C)O[C@@H]3[C@@H](O)[C@@H]2NC(C)=O)cc1. The van der Waals surface area contributed by atoms with Crippen molar-refractivity contribution in [2.45, 2.75) is 57.2 Å². The normalized spacial score (nSPS) is 33.0. The molecule has 0 unspecified atom stereocenters. The molecule has 26 heavy (non-hydrogen) atoms. The number of ether oxygens (including phenoxy) is 5. The van der Waals surface area contributed by atoms with Gasteiger partial charge in [0.15, 0.2) is 5.79 Å². The molecule has 8 heteroatoms. The zero-order valence-electron chi connectivity index (χ0n) is 15.3. The molecule has 0 aliphatic carbocycles. The van der Waals surface area contributed by atoms with Crippen LogP contribution in [0.1, 0.15) is 20.8 Å². The van der Waals surface area contributed by atoms with Gasteiger partial charge < -0.3 is 34.1 Å². The second-order valence-electron chi connectivity index (χ2n) is 6.85. The summed E-state index contributed by atoms with van der Waals surface area (Å²) in [5.74, 6) is 0.0768. The van der Waals surface area contributed by atoms with Crippen molar-refractivity contribution in [3.8, 4) is 11.5 Å². The van der Waals surface area contributed by atoms with E-state index in [0.717, 1.165) is 0 Å². The van der Waals surface area contributed by atoms with E-state index in [1.807, 2.05) is 0 Å². The molecule has 1 amide bonds. The Labute approximate surface area is 152 Å². The molecule has 144 valence electrons. The standard InChI is InChI=1S/C18H25NO7/c1-10(20)19-14-15(21)16-13(9-23-18(2,3)26-16)25-17(14)24-12-7-5-11(22-4)6-8-12/h5-8,13-17,21H,9H2,1-4H3,(H,19,20)/t13-,14+,15+,16+,17-/m1/s1. The fourth-order valence-electron chi connectivity index (χ4n) is 3.12. The molecule has 0 spiro atoms. The van der Waals surface area contributed by atoms with E-state index in [1.54, 1.807) is 45.2 Å². The van der Waals surface area contributed by atoms with E-state index in [-0.39, 0.29) is 12.5 Å². The lowest BCUT2D eigenvalue weighted by Crippen LogP contribution is -2.69. The van der Waals surface area contributed by atoms with Gasteiger partial charge in [0, 0.05) is 6.92 Å². The maximum atomic E-state index is 11.6. The van der Waals surface area contributed by atoms with Crippen molar-refractivity contribution in [1.82, 2.24) is 5.32 Å². The largest absolute Gasteiger partial charge is 0.497 e. The van der Waals surface area contributed by atoms with Crippen molar-refractivity contribution >= 4 is 5.91 Å². The van der Waals surface area contributed by atoms with Crippen LogP contribution in [0.3, 0.4) is 0 Å². The summed E-state index contributed by atoms with van der Waals surface area (Å²) >= 11 is 0. The Hall–Kier alpha value is -1.87. The van der Waals surface area contributed by atoms with E-state index in [4.69, 9.17) is 23.7 Å². The van der Waals surface area contributed by atoms with E-state index in [2.05, 4.69) is 5.32 Å². The Kier molecular flexibility index (Phi) is 5.38. The highest BCUT2D eigenvalue weighted by Crippen LogP contribution is 2.33. The Balaban J connectivity index is 1.79. The number of methoxy groups -OCH3 is 1. The smallest absolute Gasteiger partial charge is 0.223 e. The fraction of sp³-hybridized carbons (Fsp3) is 0.611. The number of fused-ring (bicyclic) bond motifs is 1. The molecule has 0 saturated carbocycles. The van der Waals surface area contributed by atoms with Gasteiger partial charge in [-0.25, -0.2) is 0 Å². The number of aliphatic hydroxyl groups is 1. The Morgan fingerprint density at radius 3 is 2.54 bits per heavy atom. The van der Waals surface area contributed by atoms with Crippen LogP contribution in [0.4, 0.5) is 0 Å². The Morgan fingerprint density at radius 1 is 1.27 bits per heavy atom. The number of hydrogen-bond acceptors (Lipinski definition) is 7.